The van der Waals surface area contributed by atoms with Crippen LogP contribution in [0.2, 0.25) is 0 Å². The number of rotatable bonds is 8. The van der Waals surface area contributed by atoms with Crippen LogP contribution in [0.25, 0.3) is 0 Å². The molecule has 0 radical (unpaired) electrons. The number of hydrogen-bond donors (Lipinski definition) is 1. The van der Waals surface area contributed by atoms with Crippen molar-refractivity contribution < 1.29 is 22.9 Å². The molecule has 9 nitrogen and oxygen atoms in total. The summed E-state index contributed by atoms with van der Waals surface area (Å²) in [6.07, 6.45) is 0.561. The van der Waals surface area contributed by atoms with Crippen molar-refractivity contribution in [2.45, 2.75) is 17.7 Å². The first kappa shape index (κ1) is 19.6. The number of nitrogens with one attached hydrogen (secondary N) is 1. The molecule has 0 saturated heterocycles. The number of esters is 1. The van der Waals surface area contributed by atoms with Gasteiger partial charge in [0.05, 0.1) is 23.3 Å². The zero-order valence-electron chi connectivity index (χ0n) is 14.3. The number of carbonyl (C=O) groups excluding carboxylic acids is 1. The number of carbonyl (C=O) groups is 1. The smallest absolute Gasteiger partial charge is 0.311 e. The minimum atomic E-state index is -3.76. The molecular formula is C16H19N3O6S. The molecule has 0 saturated carbocycles. The van der Waals surface area contributed by atoms with Gasteiger partial charge in [0.25, 0.3) is 5.69 Å². The second-order valence-corrected chi connectivity index (χ2v) is 7.29. The molecule has 0 aliphatic rings. The average molecular weight is 381 g/mol. The SMILES string of the molecule is COC(=O)Cc1ccc(CCNS(=O)(=O)c2ccc([N+](=O)[O-])cc2)n1C. The highest BCUT2D eigenvalue weighted by Gasteiger charge is 2.16. The first-order valence-electron chi connectivity index (χ1n) is 7.69. The van der Waals surface area contributed by atoms with E-state index in [0.29, 0.717) is 6.42 Å². The fourth-order valence-electron chi connectivity index (χ4n) is 2.39. The van der Waals surface area contributed by atoms with Crippen molar-refractivity contribution >= 4 is 21.7 Å². The van der Waals surface area contributed by atoms with Gasteiger partial charge >= 0.3 is 5.97 Å². The van der Waals surface area contributed by atoms with E-state index in [-0.39, 0.29) is 29.5 Å². The molecule has 2 aromatic rings. The highest BCUT2D eigenvalue weighted by Crippen LogP contribution is 2.16. The zero-order valence-corrected chi connectivity index (χ0v) is 15.2. The lowest BCUT2D eigenvalue weighted by Crippen LogP contribution is -2.26. The Morgan fingerprint density at radius 3 is 2.38 bits per heavy atom. The zero-order chi connectivity index (χ0) is 19.3. The summed E-state index contributed by atoms with van der Waals surface area (Å²) in [5, 5.41) is 10.6. The van der Waals surface area contributed by atoms with E-state index < -0.39 is 14.9 Å². The number of nitro benzene ring substituents is 1. The largest absolute Gasteiger partial charge is 0.469 e. The third-order valence-corrected chi connectivity index (χ3v) is 5.39. The second kappa shape index (κ2) is 8.11. The van der Waals surface area contributed by atoms with Gasteiger partial charge < -0.3 is 9.30 Å². The van der Waals surface area contributed by atoms with Crippen molar-refractivity contribution in [1.82, 2.24) is 9.29 Å². The van der Waals surface area contributed by atoms with Crippen LogP contribution >= 0.6 is 0 Å². The molecule has 10 heteroatoms. The minimum Gasteiger partial charge on any atom is -0.469 e. The van der Waals surface area contributed by atoms with E-state index in [1.807, 2.05) is 10.6 Å². The number of non-ortho nitro benzene ring substituents is 1. The number of methoxy groups -OCH3 is 1. The monoisotopic (exact) mass is 381 g/mol. The number of aromatic nitrogens is 1. The fraction of sp³-hybridized carbons (Fsp3) is 0.312. The summed E-state index contributed by atoms with van der Waals surface area (Å²) in [7, 11) is -0.649. The molecule has 0 bridgehead atoms. The summed E-state index contributed by atoms with van der Waals surface area (Å²) in [6, 6.07) is 8.28. The summed E-state index contributed by atoms with van der Waals surface area (Å²) in [6.45, 7) is 0.148. The van der Waals surface area contributed by atoms with Crippen LogP contribution in [0.15, 0.2) is 41.3 Å². The normalized spacial score (nSPS) is 11.3. The van der Waals surface area contributed by atoms with Gasteiger partial charge in [0.1, 0.15) is 0 Å². The Kier molecular flexibility index (Phi) is 6.11. The van der Waals surface area contributed by atoms with Crippen molar-refractivity contribution in [1.29, 1.82) is 0 Å². The van der Waals surface area contributed by atoms with Gasteiger partial charge in [-0.15, -0.1) is 0 Å². The Morgan fingerprint density at radius 2 is 1.81 bits per heavy atom. The summed E-state index contributed by atoms with van der Waals surface area (Å²) in [5.74, 6) is -0.350. The molecule has 0 fully saturated rings. The van der Waals surface area contributed by atoms with E-state index in [4.69, 9.17) is 0 Å². The Morgan fingerprint density at radius 1 is 1.19 bits per heavy atom. The molecule has 1 aromatic heterocycles. The summed E-state index contributed by atoms with van der Waals surface area (Å²) < 4.78 is 33.4. The molecule has 0 unspecified atom stereocenters. The number of ether oxygens (including phenoxy) is 1. The number of nitrogens with zero attached hydrogens (tertiary/aromatic N) is 2. The van der Waals surface area contributed by atoms with Gasteiger partial charge in [0.2, 0.25) is 10.0 Å². The lowest BCUT2D eigenvalue weighted by molar-refractivity contribution is -0.384. The van der Waals surface area contributed by atoms with Crippen LogP contribution in [0.3, 0.4) is 0 Å². The first-order valence-corrected chi connectivity index (χ1v) is 9.17. The molecule has 2 rings (SSSR count). The predicted molar refractivity (Wildman–Crippen MR) is 93.1 cm³/mol. The summed E-state index contributed by atoms with van der Waals surface area (Å²) in [4.78, 5) is 21.3. The van der Waals surface area contributed by atoms with Crippen LogP contribution in [-0.4, -0.2) is 37.5 Å². The quantitative estimate of drug-likeness (QED) is 0.416. The Labute approximate surface area is 150 Å². The van der Waals surface area contributed by atoms with Gasteiger partial charge in [-0.2, -0.15) is 0 Å². The van der Waals surface area contributed by atoms with E-state index in [1.54, 1.807) is 13.1 Å². The standard InChI is InChI=1S/C16H19N3O6S/c1-18-12(3-4-14(18)11-16(20)25-2)9-10-17-26(23,24)15-7-5-13(6-8-15)19(21)22/h3-8,17H,9-11H2,1-2H3. The highest BCUT2D eigenvalue weighted by atomic mass is 32.2. The van der Waals surface area contributed by atoms with Crippen molar-refractivity contribution in [3.63, 3.8) is 0 Å². The molecule has 1 aromatic carbocycles. The molecule has 1 heterocycles. The van der Waals surface area contributed by atoms with Crippen LogP contribution in [0.1, 0.15) is 11.4 Å². The number of sulfonamides is 1. The topological polar surface area (TPSA) is 121 Å². The Hall–Kier alpha value is -2.72. The maximum Gasteiger partial charge on any atom is 0.311 e. The number of nitro groups is 1. The van der Waals surface area contributed by atoms with E-state index in [0.717, 1.165) is 23.5 Å². The Bertz CT molecular complexity index is 903. The van der Waals surface area contributed by atoms with E-state index >= 15 is 0 Å². The van der Waals surface area contributed by atoms with Crippen molar-refractivity contribution in [2.24, 2.45) is 7.05 Å². The molecule has 0 spiro atoms. The second-order valence-electron chi connectivity index (χ2n) is 5.53. The maximum atomic E-state index is 12.2. The summed E-state index contributed by atoms with van der Waals surface area (Å²) in [5.41, 5.74) is 1.45. The molecule has 0 amide bonds. The third kappa shape index (κ3) is 4.67. The molecule has 0 atom stereocenters. The van der Waals surface area contributed by atoms with Gasteiger partial charge in [-0.1, -0.05) is 0 Å². The van der Waals surface area contributed by atoms with Crippen molar-refractivity contribution in [3.05, 3.63) is 57.9 Å². The molecule has 26 heavy (non-hydrogen) atoms. The van der Waals surface area contributed by atoms with Gasteiger partial charge in [-0.05, 0) is 24.3 Å². The summed E-state index contributed by atoms with van der Waals surface area (Å²) >= 11 is 0. The van der Waals surface area contributed by atoms with Gasteiger partial charge in [-0.25, -0.2) is 13.1 Å². The molecule has 0 aliphatic heterocycles. The van der Waals surface area contributed by atoms with Crippen LogP contribution in [0.4, 0.5) is 5.69 Å². The average Bonchev–Trinajstić information content (AvgIpc) is 2.95. The van der Waals surface area contributed by atoms with Crippen LogP contribution in [0, 0.1) is 10.1 Å². The Balaban J connectivity index is 1.98. The van der Waals surface area contributed by atoms with E-state index in [2.05, 4.69) is 9.46 Å². The molecular weight excluding hydrogens is 362 g/mol. The predicted octanol–water partition coefficient (Wildman–Crippen LogP) is 1.17. The van der Waals surface area contributed by atoms with Crippen LogP contribution < -0.4 is 4.72 Å². The molecule has 140 valence electrons. The van der Waals surface area contributed by atoms with Crippen LogP contribution in [0.5, 0.6) is 0 Å². The number of benzene rings is 1. The molecule has 1 N–H and O–H groups in total. The lowest BCUT2D eigenvalue weighted by atomic mass is 10.3. The van der Waals surface area contributed by atoms with Crippen molar-refractivity contribution in [3.8, 4) is 0 Å². The van der Waals surface area contributed by atoms with Gasteiger partial charge in [0, 0.05) is 43.5 Å². The first-order chi connectivity index (χ1) is 12.2. The minimum absolute atomic E-state index is 0.0404. The van der Waals surface area contributed by atoms with Gasteiger partial charge in [0.15, 0.2) is 0 Å². The highest BCUT2D eigenvalue weighted by molar-refractivity contribution is 7.89. The van der Waals surface area contributed by atoms with Crippen LogP contribution in [-0.2, 0) is 39.4 Å². The van der Waals surface area contributed by atoms with Gasteiger partial charge in [-0.3, -0.25) is 14.9 Å². The van der Waals surface area contributed by atoms with E-state index in [9.17, 15) is 23.3 Å². The maximum absolute atomic E-state index is 12.2. The molecule has 0 aliphatic carbocycles. The van der Waals surface area contributed by atoms with E-state index in [1.165, 1.54) is 19.2 Å². The lowest BCUT2D eigenvalue weighted by Gasteiger charge is -2.09. The fourth-order valence-corrected chi connectivity index (χ4v) is 3.42. The third-order valence-electron chi connectivity index (χ3n) is 3.91. The number of hydrogen-bond acceptors (Lipinski definition) is 6. The van der Waals surface area contributed by atoms with Crippen molar-refractivity contribution in [2.75, 3.05) is 13.7 Å².